The fraction of sp³-hybridized carbons (Fsp3) is 0.238. The van der Waals surface area contributed by atoms with Gasteiger partial charge in [-0.25, -0.2) is 0 Å². The molecule has 1 aromatic rings. The van der Waals surface area contributed by atoms with Crippen LogP contribution in [0.1, 0.15) is 33.1 Å². The van der Waals surface area contributed by atoms with Gasteiger partial charge < -0.3 is 25.5 Å². The Labute approximate surface area is 152 Å². The maximum Gasteiger partial charge on any atom is 0.204 e. The molecule has 0 saturated heterocycles. The van der Waals surface area contributed by atoms with Gasteiger partial charge in [-0.15, -0.1) is 0 Å². The topological polar surface area (TPSA) is 101 Å². The summed E-state index contributed by atoms with van der Waals surface area (Å²) in [6.45, 7) is 11.3. The Morgan fingerprint density at radius 2 is 1.54 bits per heavy atom. The van der Waals surface area contributed by atoms with Crippen molar-refractivity contribution < 1.29 is 25.5 Å². The molecule has 1 aliphatic carbocycles. The van der Waals surface area contributed by atoms with Crippen LogP contribution in [0.4, 0.5) is 0 Å². The van der Waals surface area contributed by atoms with Gasteiger partial charge in [0.05, 0.1) is 0 Å². The molecule has 5 nitrogen and oxygen atoms in total. The van der Waals surface area contributed by atoms with Gasteiger partial charge in [-0.1, -0.05) is 39.2 Å². The molecule has 0 atom stereocenters. The van der Waals surface area contributed by atoms with E-state index in [1.165, 1.54) is 0 Å². The highest BCUT2D eigenvalue weighted by atomic mass is 16.3. The molecule has 0 saturated carbocycles. The second-order valence-electron chi connectivity index (χ2n) is 6.11. The number of phenols is 4. The molecule has 0 fully saturated rings. The number of fused-ring (bicyclic) bond motifs is 1. The molecular formula is C21H24O5. The van der Waals surface area contributed by atoms with Crippen LogP contribution in [0, 0.1) is 0 Å². The molecule has 138 valence electrons. The van der Waals surface area contributed by atoms with Crippen molar-refractivity contribution in [1.82, 2.24) is 0 Å². The van der Waals surface area contributed by atoms with E-state index < -0.39 is 23.0 Å². The Kier molecular flexibility index (Phi) is 5.50. The molecule has 0 unspecified atom stereocenters. The predicted octanol–water partition coefficient (Wildman–Crippen LogP) is 3.14. The fourth-order valence-corrected chi connectivity index (χ4v) is 3.07. The Balaban J connectivity index is 3.13. The second kappa shape index (κ2) is 7.44. The van der Waals surface area contributed by atoms with E-state index in [1.54, 1.807) is 6.08 Å². The average molecular weight is 356 g/mol. The molecule has 1 aromatic carbocycles. The van der Waals surface area contributed by atoms with Crippen molar-refractivity contribution in [3.8, 4) is 23.0 Å². The highest BCUT2D eigenvalue weighted by Crippen LogP contribution is 2.39. The van der Waals surface area contributed by atoms with Gasteiger partial charge in [0, 0.05) is 16.0 Å². The first-order valence-electron chi connectivity index (χ1n) is 8.42. The summed E-state index contributed by atoms with van der Waals surface area (Å²) in [6.07, 6.45) is 7.42. The van der Waals surface area contributed by atoms with E-state index in [4.69, 9.17) is 0 Å². The number of aliphatic hydroxyl groups is 1. The predicted molar refractivity (Wildman–Crippen MR) is 102 cm³/mol. The third kappa shape index (κ3) is 3.20. The molecule has 0 aromatic heterocycles. The van der Waals surface area contributed by atoms with Crippen LogP contribution in [-0.2, 0) is 0 Å². The minimum absolute atomic E-state index is 0.111. The Morgan fingerprint density at radius 3 is 2.08 bits per heavy atom. The lowest BCUT2D eigenvalue weighted by Gasteiger charge is -2.13. The van der Waals surface area contributed by atoms with E-state index in [0.717, 1.165) is 24.0 Å². The van der Waals surface area contributed by atoms with E-state index in [9.17, 15) is 25.5 Å². The summed E-state index contributed by atoms with van der Waals surface area (Å²) in [5.74, 6) is -3.05. The Bertz CT molecular complexity index is 961. The van der Waals surface area contributed by atoms with Crippen molar-refractivity contribution in [1.29, 1.82) is 0 Å². The van der Waals surface area contributed by atoms with Gasteiger partial charge in [0.15, 0.2) is 11.5 Å². The van der Waals surface area contributed by atoms with Crippen molar-refractivity contribution in [2.24, 2.45) is 0 Å². The van der Waals surface area contributed by atoms with Gasteiger partial charge in [-0.3, -0.25) is 0 Å². The van der Waals surface area contributed by atoms with Crippen LogP contribution in [0.3, 0.4) is 0 Å². The Hall–Kier alpha value is -3.08. The van der Waals surface area contributed by atoms with E-state index in [-0.39, 0.29) is 21.8 Å². The third-order valence-corrected chi connectivity index (χ3v) is 4.36. The van der Waals surface area contributed by atoms with Crippen LogP contribution in [0.2, 0.25) is 0 Å². The Morgan fingerprint density at radius 1 is 0.962 bits per heavy atom. The number of benzene rings is 1. The maximum atomic E-state index is 10.5. The number of aromatic hydroxyl groups is 4. The van der Waals surface area contributed by atoms with Crippen molar-refractivity contribution in [2.45, 2.75) is 33.1 Å². The first kappa shape index (κ1) is 19.2. The van der Waals surface area contributed by atoms with E-state index >= 15 is 0 Å². The smallest absolute Gasteiger partial charge is 0.204 e. The van der Waals surface area contributed by atoms with Crippen molar-refractivity contribution >= 4 is 11.6 Å². The highest BCUT2D eigenvalue weighted by Gasteiger charge is 2.23. The van der Waals surface area contributed by atoms with E-state index in [1.807, 2.05) is 26.0 Å². The zero-order chi connectivity index (χ0) is 19.6. The molecule has 0 amide bonds. The average Bonchev–Trinajstić information content (AvgIpc) is 2.76. The van der Waals surface area contributed by atoms with Crippen molar-refractivity contribution in [2.75, 3.05) is 0 Å². The molecule has 0 radical (unpaired) electrons. The quantitative estimate of drug-likeness (QED) is 0.247. The molecule has 26 heavy (non-hydrogen) atoms. The zero-order valence-electron chi connectivity index (χ0n) is 15.0. The minimum Gasteiger partial charge on any atom is -0.508 e. The fourth-order valence-electron chi connectivity index (χ4n) is 3.07. The molecule has 1 aliphatic rings. The molecule has 2 rings (SSSR count). The normalized spacial score (nSPS) is 16.9. The highest BCUT2D eigenvalue weighted by molar-refractivity contribution is 5.80. The number of aliphatic hydroxyl groups excluding tert-OH is 1. The number of rotatable bonds is 4. The van der Waals surface area contributed by atoms with Gasteiger partial charge in [-0.2, -0.15) is 0 Å². The second-order valence-corrected chi connectivity index (χ2v) is 6.11. The van der Waals surface area contributed by atoms with Crippen molar-refractivity contribution in [3.63, 3.8) is 0 Å². The standard InChI is InChI=1S/C21H24O5/c1-5-7-13-9-15(11(3)12(4)22)17-16(10-14(13)8-6-2)18(23)20(25)21(26)19(17)24/h7-8,10,22-26H,3-6,9H2,1-2H3/b13-7-,14-8-. The summed E-state index contributed by atoms with van der Waals surface area (Å²) in [5.41, 5.74) is 2.33. The van der Waals surface area contributed by atoms with Crippen LogP contribution in [0.15, 0.2) is 47.8 Å². The van der Waals surface area contributed by atoms with Gasteiger partial charge in [0.2, 0.25) is 11.5 Å². The van der Waals surface area contributed by atoms with Gasteiger partial charge >= 0.3 is 0 Å². The summed E-state index contributed by atoms with van der Waals surface area (Å²) in [4.78, 5) is 0. The zero-order valence-corrected chi connectivity index (χ0v) is 15.0. The molecule has 0 heterocycles. The molecule has 0 aliphatic heterocycles. The first-order valence-corrected chi connectivity index (χ1v) is 8.42. The number of hydrogen-bond acceptors (Lipinski definition) is 5. The van der Waals surface area contributed by atoms with Crippen LogP contribution >= 0.6 is 0 Å². The van der Waals surface area contributed by atoms with E-state index in [0.29, 0.717) is 12.0 Å². The van der Waals surface area contributed by atoms with Crippen LogP contribution < -0.4 is 10.4 Å². The van der Waals surface area contributed by atoms with Crippen LogP contribution in [0.25, 0.3) is 11.6 Å². The molecule has 5 heteroatoms. The summed E-state index contributed by atoms with van der Waals surface area (Å²) in [7, 11) is 0. The summed E-state index contributed by atoms with van der Waals surface area (Å²) in [5, 5.41) is 50.9. The summed E-state index contributed by atoms with van der Waals surface area (Å²) in [6, 6.07) is 0. The minimum atomic E-state index is -0.826. The van der Waals surface area contributed by atoms with Gasteiger partial charge in [0.25, 0.3) is 0 Å². The number of allylic oxidation sites excluding steroid dienone is 5. The molecule has 0 bridgehead atoms. The summed E-state index contributed by atoms with van der Waals surface area (Å²) >= 11 is 0. The lowest BCUT2D eigenvalue weighted by atomic mass is 9.93. The molecular weight excluding hydrogens is 332 g/mol. The lowest BCUT2D eigenvalue weighted by molar-refractivity contribution is 0.342. The lowest BCUT2D eigenvalue weighted by Crippen LogP contribution is -2.28. The first-order chi connectivity index (χ1) is 12.2. The van der Waals surface area contributed by atoms with Crippen LogP contribution in [0.5, 0.6) is 23.0 Å². The number of hydrogen-bond donors (Lipinski definition) is 5. The van der Waals surface area contributed by atoms with Crippen molar-refractivity contribution in [3.05, 3.63) is 58.2 Å². The third-order valence-electron chi connectivity index (χ3n) is 4.36. The maximum absolute atomic E-state index is 10.5. The monoisotopic (exact) mass is 356 g/mol. The van der Waals surface area contributed by atoms with Gasteiger partial charge in [0.1, 0.15) is 5.76 Å². The molecule has 5 N–H and O–H groups in total. The van der Waals surface area contributed by atoms with E-state index in [2.05, 4.69) is 13.2 Å². The number of phenolic OH excluding ortho intramolecular Hbond substituents is 4. The summed E-state index contributed by atoms with van der Waals surface area (Å²) < 4.78 is 0. The van der Waals surface area contributed by atoms with Crippen LogP contribution in [-0.4, -0.2) is 25.5 Å². The SMILES string of the molecule is C=C(O)C(=C)C1=c2c(O)c(O)c(O)c(O)c2=CC(=C/CC)/C(=C\CC)C1. The molecule has 0 spiro atoms. The largest absolute Gasteiger partial charge is 0.508 e. The van der Waals surface area contributed by atoms with Gasteiger partial charge in [-0.05, 0) is 42.1 Å².